The van der Waals surface area contributed by atoms with Crippen molar-refractivity contribution in [3.05, 3.63) is 120 Å². The van der Waals surface area contributed by atoms with Crippen molar-refractivity contribution in [1.82, 2.24) is 9.97 Å². The summed E-state index contributed by atoms with van der Waals surface area (Å²) in [6, 6.07) is 21.9. The molecule has 0 bridgehead atoms. The van der Waals surface area contributed by atoms with Gasteiger partial charge in [0.2, 0.25) is 0 Å². The SMILES string of the molecule is COCCOCCOCCc1cnccc1-c1ccc(C2=CCC(c3ccc(-c4ccncc4CCOCCOCCOC)cc3)=C2)cc1. The Hall–Kier alpha value is -4.02. The number of benzene rings is 2. The summed E-state index contributed by atoms with van der Waals surface area (Å²) < 4.78 is 32.5. The molecule has 1 aliphatic carbocycles. The average molecular weight is 665 g/mol. The van der Waals surface area contributed by atoms with Gasteiger partial charge in [0.15, 0.2) is 0 Å². The molecular formula is C41H48N2O6. The minimum absolute atomic E-state index is 0.567. The minimum atomic E-state index is 0.567. The first-order valence-electron chi connectivity index (χ1n) is 17.0. The molecule has 49 heavy (non-hydrogen) atoms. The summed E-state index contributed by atoms with van der Waals surface area (Å²) in [5.41, 5.74) is 12.1. The van der Waals surface area contributed by atoms with E-state index in [1.807, 2.05) is 24.8 Å². The van der Waals surface area contributed by atoms with E-state index in [0.717, 1.165) is 19.3 Å². The largest absolute Gasteiger partial charge is 0.382 e. The van der Waals surface area contributed by atoms with Crippen LogP contribution in [0.3, 0.4) is 0 Å². The summed E-state index contributed by atoms with van der Waals surface area (Å²) in [7, 11) is 3.34. The predicted molar refractivity (Wildman–Crippen MR) is 194 cm³/mol. The number of aromatic nitrogens is 2. The number of rotatable bonds is 22. The Morgan fingerprint density at radius 3 is 1.41 bits per heavy atom. The Balaban J connectivity index is 1.14. The Morgan fingerprint density at radius 1 is 0.490 bits per heavy atom. The maximum atomic E-state index is 5.79. The quantitative estimate of drug-likeness (QED) is 0.0822. The zero-order valence-electron chi connectivity index (χ0n) is 28.8. The van der Waals surface area contributed by atoms with Crippen LogP contribution < -0.4 is 0 Å². The van der Waals surface area contributed by atoms with E-state index in [1.54, 1.807) is 14.2 Å². The van der Waals surface area contributed by atoms with Gasteiger partial charge < -0.3 is 28.4 Å². The standard InChI is InChI=1S/C41H48N2O6/c1-44-21-23-48-27-25-46-19-15-38-30-42-17-13-40(38)34-7-3-32(4-8-34)36-11-12-37(29-36)33-5-9-35(10-6-33)41-14-18-43-31-39(41)16-20-47-26-28-49-24-22-45-2/h3-11,13-14,17-18,29-31H,12,15-16,19-28H2,1-2H3. The Labute approximate surface area is 290 Å². The molecule has 0 saturated carbocycles. The van der Waals surface area contributed by atoms with Gasteiger partial charge in [0.25, 0.3) is 0 Å². The van der Waals surface area contributed by atoms with Crippen LogP contribution in [-0.4, -0.2) is 90.3 Å². The summed E-state index contributed by atoms with van der Waals surface area (Å²) in [5, 5.41) is 0. The summed E-state index contributed by atoms with van der Waals surface area (Å²) in [6.45, 7) is 5.89. The van der Waals surface area contributed by atoms with E-state index >= 15 is 0 Å². The molecule has 8 heteroatoms. The molecule has 1 aliphatic rings. The third-order valence-corrected chi connectivity index (χ3v) is 8.41. The van der Waals surface area contributed by atoms with Crippen LogP contribution in [0.25, 0.3) is 33.4 Å². The van der Waals surface area contributed by atoms with Gasteiger partial charge in [0.05, 0.1) is 66.1 Å². The molecule has 0 atom stereocenters. The van der Waals surface area contributed by atoms with Gasteiger partial charge in [-0.2, -0.15) is 0 Å². The van der Waals surface area contributed by atoms with Crippen LogP contribution in [0.2, 0.25) is 0 Å². The summed E-state index contributed by atoms with van der Waals surface area (Å²) in [4.78, 5) is 8.73. The fourth-order valence-corrected chi connectivity index (χ4v) is 5.74. The summed E-state index contributed by atoms with van der Waals surface area (Å²) >= 11 is 0. The van der Waals surface area contributed by atoms with Gasteiger partial charge in [-0.1, -0.05) is 60.7 Å². The van der Waals surface area contributed by atoms with Crippen LogP contribution in [0.5, 0.6) is 0 Å². The molecule has 0 amide bonds. The molecule has 8 nitrogen and oxygen atoms in total. The summed E-state index contributed by atoms with van der Waals surface area (Å²) in [6.07, 6.45) is 14.7. The third-order valence-electron chi connectivity index (χ3n) is 8.41. The fraction of sp³-hybridized carbons (Fsp3) is 0.366. The highest BCUT2D eigenvalue weighted by Crippen LogP contribution is 2.34. The Kier molecular flexibility index (Phi) is 15.2. The van der Waals surface area contributed by atoms with Crippen molar-refractivity contribution in [2.75, 3.05) is 80.3 Å². The van der Waals surface area contributed by atoms with Crippen LogP contribution in [-0.2, 0) is 41.3 Å². The molecule has 0 N–H and O–H groups in total. The van der Waals surface area contributed by atoms with Crippen molar-refractivity contribution >= 4 is 11.1 Å². The van der Waals surface area contributed by atoms with E-state index in [1.165, 1.54) is 55.7 Å². The molecule has 0 unspecified atom stereocenters. The lowest BCUT2D eigenvalue weighted by molar-refractivity contribution is 0.0256. The number of hydrogen-bond donors (Lipinski definition) is 0. The van der Waals surface area contributed by atoms with Crippen LogP contribution in [0, 0.1) is 0 Å². The molecule has 258 valence electrons. The van der Waals surface area contributed by atoms with E-state index in [4.69, 9.17) is 28.4 Å². The van der Waals surface area contributed by atoms with Crippen molar-refractivity contribution < 1.29 is 28.4 Å². The van der Waals surface area contributed by atoms with Gasteiger partial charge in [-0.25, -0.2) is 0 Å². The van der Waals surface area contributed by atoms with E-state index in [-0.39, 0.29) is 0 Å². The van der Waals surface area contributed by atoms with Crippen LogP contribution in [0.4, 0.5) is 0 Å². The highest BCUT2D eigenvalue weighted by atomic mass is 16.5. The first-order valence-corrected chi connectivity index (χ1v) is 17.0. The first kappa shape index (κ1) is 36.3. The molecule has 2 heterocycles. The molecule has 4 aromatic rings. The number of ether oxygens (including phenoxy) is 6. The molecule has 0 saturated heterocycles. The normalized spacial score (nSPS) is 12.7. The second kappa shape index (κ2) is 20.5. The molecular weight excluding hydrogens is 616 g/mol. The van der Waals surface area contributed by atoms with Gasteiger partial charge in [0, 0.05) is 39.0 Å². The second-order valence-corrected chi connectivity index (χ2v) is 11.7. The zero-order chi connectivity index (χ0) is 33.9. The zero-order valence-corrected chi connectivity index (χ0v) is 28.8. The van der Waals surface area contributed by atoms with Crippen LogP contribution in [0.15, 0.2) is 97.6 Å². The Bertz CT molecular complexity index is 1620. The predicted octanol–water partition coefficient (Wildman–Crippen LogP) is 7.13. The van der Waals surface area contributed by atoms with Crippen molar-refractivity contribution in [1.29, 1.82) is 0 Å². The Morgan fingerprint density at radius 2 is 0.918 bits per heavy atom. The maximum Gasteiger partial charge on any atom is 0.0701 e. The number of nitrogens with zero attached hydrogens (tertiary/aromatic N) is 2. The van der Waals surface area contributed by atoms with Gasteiger partial charge >= 0.3 is 0 Å². The fourth-order valence-electron chi connectivity index (χ4n) is 5.74. The molecule has 0 radical (unpaired) electrons. The van der Waals surface area contributed by atoms with Gasteiger partial charge in [-0.15, -0.1) is 0 Å². The molecule has 0 aliphatic heterocycles. The van der Waals surface area contributed by atoms with E-state index in [2.05, 4.69) is 82.8 Å². The lowest BCUT2D eigenvalue weighted by atomic mass is 9.96. The number of methoxy groups -OCH3 is 2. The van der Waals surface area contributed by atoms with Crippen molar-refractivity contribution in [2.24, 2.45) is 0 Å². The summed E-state index contributed by atoms with van der Waals surface area (Å²) in [5.74, 6) is 0. The lowest BCUT2D eigenvalue weighted by Gasteiger charge is -2.11. The molecule has 2 aromatic carbocycles. The van der Waals surface area contributed by atoms with Gasteiger partial charge in [-0.3, -0.25) is 9.97 Å². The monoisotopic (exact) mass is 664 g/mol. The average Bonchev–Trinajstić information content (AvgIpc) is 3.65. The molecule has 2 aromatic heterocycles. The topological polar surface area (TPSA) is 81.2 Å². The maximum absolute atomic E-state index is 5.79. The molecule has 5 rings (SSSR count). The first-order chi connectivity index (χ1) is 24.3. The third kappa shape index (κ3) is 11.3. The number of hydrogen-bond acceptors (Lipinski definition) is 8. The van der Waals surface area contributed by atoms with Crippen molar-refractivity contribution in [2.45, 2.75) is 19.3 Å². The lowest BCUT2D eigenvalue weighted by Crippen LogP contribution is -2.10. The highest BCUT2D eigenvalue weighted by molar-refractivity contribution is 5.90. The van der Waals surface area contributed by atoms with E-state index in [0.29, 0.717) is 66.1 Å². The number of allylic oxidation sites excluding steroid dienone is 4. The van der Waals surface area contributed by atoms with Crippen LogP contribution in [0.1, 0.15) is 28.7 Å². The van der Waals surface area contributed by atoms with Crippen LogP contribution >= 0.6 is 0 Å². The second-order valence-electron chi connectivity index (χ2n) is 11.7. The van der Waals surface area contributed by atoms with E-state index in [9.17, 15) is 0 Å². The smallest absolute Gasteiger partial charge is 0.0701 e. The van der Waals surface area contributed by atoms with Gasteiger partial charge in [-0.05, 0) is 87.0 Å². The van der Waals surface area contributed by atoms with E-state index < -0.39 is 0 Å². The molecule has 0 spiro atoms. The van der Waals surface area contributed by atoms with Gasteiger partial charge in [0.1, 0.15) is 0 Å². The van der Waals surface area contributed by atoms with Crippen molar-refractivity contribution in [3.63, 3.8) is 0 Å². The minimum Gasteiger partial charge on any atom is -0.382 e. The highest BCUT2D eigenvalue weighted by Gasteiger charge is 2.13. The van der Waals surface area contributed by atoms with Crippen molar-refractivity contribution in [3.8, 4) is 22.3 Å². The number of pyridine rings is 2. The molecule has 0 fully saturated rings.